The maximum atomic E-state index is 5.48. The van der Waals surface area contributed by atoms with E-state index in [4.69, 9.17) is 5.73 Å². The maximum Gasteiger partial charge on any atom is 0.0827 e. The molecule has 0 amide bonds. The predicted molar refractivity (Wildman–Crippen MR) is 67.7 cm³/mol. The van der Waals surface area contributed by atoms with Crippen molar-refractivity contribution in [1.82, 2.24) is 15.0 Å². The van der Waals surface area contributed by atoms with E-state index >= 15 is 0 Å². The summed E-state index contributed by atoms with van der Waals surface area (Å²) in [5, 5.41) is 8.33. The summed E-state index contributed by atoms with van der Waals surface area (Å²) in [5.74, 6) is 0. The van der Waals surface area contributed by atoms with Crippen molar-refractivity contribution in [3.05, 3.63) is 47.8 Å². The van der Waals surface area contributed by atoms with Crippen molar-refractivity contribution in [2.75, 3.05) is 6.54 Å². The molecule has 0 aliphatic carbocycles. The molecule has 2 aromatic rings. The van der Waals surface area contributed by atoms with Gasteiger partial charge < -0.3 is 5.73 Å². The van der Waals surface area contributed by atoms with Crippen LogP contribution in [0.1, 0.15) is 30.6 Å². The Morgan fingerprint density at radius 1 is 1.29 bits per heavy atom. The van der Waals surface area contributed by atoms with Crippen LogP contribution in [0.4, 0.5) is 0 Å². The molecule has 4 nitrogen and oxygen atoms in total. The van der Waals surface area contributed by atoms with Crippen LogP contribution in [-0.2, 0) is 6.42 Å². The minimum absolute atomic E-state index is 0.218. The van der Waals surface area contributed by atoms with Crippen molar-refractivity contribution in [2.24, 2.45) is 5.73 Å². The lowest BCUT2D eigenvalue weighted by molar-refractivity contribution is 0.543. The van der Waals surface area contributed by atoms with Gasteiger partial charge in [0.05, 0.1) is 11.7 Å². The largest absolute Gasteiger partial charge is 0.330 e. The van der Waals surface area contributed by atoms with E-state index in [-0.39, 0.29) is 6.04 Å². The fourth-order valence-corrected chi connectivity index (χ4v) is 1.78. The fourth-order valence-electron chi connectivity index (χ4n) is 1.78. The average molecular weight is 230 g/mol. The highest BCUT2D eigenvalue weighted by Gasteiger charge is 2.09. The lowest BCUT2D eigenvalue weighted by Crippen LogP contribution is -2.07. The van der Waals surface area contributed by atoms with E-state index in [2.05, 4.69) is 29.4 Å². The number of aryl methyl sites for hydroxylation is 1. The molecule has 90 valence electrons. The molecule has 0 aliphatic rings. The molecule has 1 atom stereocenters. The van der Waals surface area contributed by atoms with E-state index in [0.29, 0.717) is 6.54 Å². The number of hydrogen-bond acceptors (Lipinski definition) is 3. The molecule has 0 bridgehead atoms. The molecule has 0 saturated heterocycles. The maximum absolute atomic E-state index is 5.48. The Bertz CT molecular complexity index is 449. The summed E-state index contributed by atoms with van der Waals surface area (Å²) in [6.07, 6.45) is 3.86. The van der Waals surface area contributed by atoms with Crippen molar-refractivity contribution in [1.29, 1.82) is 0 Å². The van der Waals surface area contributed by atoms with Crippen LogP contribution in [0.25, 0.3) is 0 Å². The molecule has 0 saturated carbocycles. The SMILES string of the molecule is CC(c1ccccc1)n1cc(CCCN)nn1. The highest BCUT2D eigenvalue weighted by atomic mass is 15.4. The number of nitrogens with two attached hydrogens (primary N) is 1. The summed E-state index contributed by atoms with van der Waals surface area (Å²) in [5.41, 5.74) is 7.73. The van der Waals surface area contributed by atoms with Gasteiger partial charge in [0.25, 0.3) is 0 Å². The smallest absolute Gasteiger partial charge is 0.0827 e. The van der Waals surface area contributed by atoms with E-state index in [1.54, 1.807) is 0 Å². The number of rotatable bonds is 5. The first-order valence-corrected chi connectivity index (χ1v) is 5.97. The summed E-state index contributed by atoms with van der Waals surface area (Å²) in [6, 6.07) is 10.5. The molecule has 1 unspecified atom stereocenters. The Balaban J connectivity index is 2.09. The van der Waals surface area contributed by atoms with E-state index in [9.17, 15) is 0 Å². The summed E-state index contributed by atoms with van der Waals surface area (Å²) in [6.45, 7) is 2.82. The molecule has 0 radical (unpaired) electrons. The second-order valence-corrected chi connectivity index (χ2v) is 4.17. The Morgan fingerprint density at radius 3 is 2.76 bits per heavy atom. The van der Waals surface area contributed by atoms with Gasteiger partial charge in [-0.05, 0) is 31.9 Å². The number of benzene rings is 1. The van der Waals surface area contributed by atoms with Crippen LogP contribution in [0.15, 0.2) is 36.5 Å². The van der Waals surface area contributed by atoms with Crippen LogP contribution in [0, 0.1) is 0 Å². The zero-order chi connectivity index (χ0) is 12.1. The molecule has 1 aromatic heterocycles. The second kappa shape index (κ2) is 5.59. The van der Waals surface area contributed by atoms with Gasteiger partial charge in [0.15, 0.2) is 0 Å². The van der Waals surface area contributed by atoms with Crippen molar-refractivity contribution < 1.29 is 0 Å². The van der Waals surface area contributed by atoms with Crippen molar-refractivity contribution >= 4 is 0 Å². The molecule has 4 heteroatoms. The number of aromatic nitrogens is 3. The first-order valence-electron chi connectivity index (χ1n) is 5.97. The van der Waals surface area contributed by atoms with Crippen molar-refractivity contribution in [2.45, 2.75) is 25.8 Å². The highest BCUT2D eigenvalue weighted by Crippen LogP contribution is 2.16. The third kappa shape index (κ3) is 2.91. The Morgan fingerprint density at radius 2 is 2.06 bits per heavy atom. The standard InChI is InChI=1S/C13H18N4/c1-11(12-6-3-2-4-7-12)17-10-13(15-16-17)8-5-9-14/h2-4,6-7,10-11H,5,8-9,14H2,1H3. The molecule has 0 spiro atoms. The minimum Gasteiger partial charge on any atom is -0.330 e. The van der Waals surface area contributed by atoms with Gasteiger partial charge in [0, 0.05) is 6.20 Å². The summed E-state index contributed by atoms with van der Waals surface area (Å²) in [4.78, 5) is 0. The third-order valence-corrected chi connectivity index (χ3v) is 2.87. The summed E-state index contributed by atoms with van der Waals surface area (Å²) < 4.78 is 1.90. The van der Waals surface area contributed by atoms with Gasteiger partial charge in [0.1, 0.15) is 0 Å². The quantitative estimate of drug-likeness (QED) is 0.851. The molecule has 17 heavy (non-hydrogen) atoms. The lowest BCUT2D eigenvalue weighted by atomic mass is 10.1. The summed E-state index contributed by atoms with van der Waals surface area (Å²) in [7, 11) is 0. The minimum atomic E-state index is 0.218. The topological polar surface area (TPSA) is 56.7 Å². The molecule has 0 fully saturated rings. The fraction of sp³-hybridized carbons (Fsp3) is 0.385. The zero-order valence-corrected chi connectivity index (χ0v) is 10.1. The zero-order valence-electron chi connectivity index (χ0n) is 10.1. The van der Waals surface area contributed by atoms with E-state index in [1.165, 1.54) is 5.56 Å². The summed E-state index contributed by atoms with van der Waals surface area (Å²) >= 11 is 0. The van der Waals surface area contributed by atoms with Gasteiger partial charge >= 0.3 is 0 Å². The second-order valence-electron chi connectivity index (χ2n) is 4.17. The Hall–Kier alpha value is -1.68. The number of nitrogens with zero attached hydrogens (tertiary/aromatic N) is 3. The van der Waals surface area contributed by atoms with Crippen LogP contribution in [0.3, 0.4) is 0 Å². The van der Waals surface area contributed by atoms with Crippen LogP contribution in [0.2, 0.25) is 0 Å². The van der Waals surface area contributed by atoms with Crippen LogP contribution >= 0.6 is 0 Å². The third-order valence-electron chi connectivity index (χ3n) is 2.87. The molecular weight excluding hydrogens is 212 g/mol. The van der Waals surface area contributed by atoms with Gasteiger partial charge in [0.2, 0.25) is 0 Å². The molecule has 2 N–H and O–H groups in total. The normalized spacial score (nSPS) is 12.6. The van der Waals surface area contributed by atoms with Gasteiger partial charge in [-0.25, -0.2) is 4.68 Å². The van der Waals surface area contributed by atoms with E-state index in [1.807, 2.05) is 29.1 Å². The highest BCUT2D eigenvalue weighted by molar-refractivity contribution is 5.18. The van der Waals surface area contributed by atoms with Crippen LogP contribution < -0.4 is 5.73 Å². The number of hydrogen-bond donors (Lipinski definition) is 1. The van der Waals surface area contributed by atoms with Gasteiger partial charge in [-0.1, -0.05) is 35.5 Å². The van der Waals surface area contributed by atoms with Crippen molar-refractivity contribution in [3.63, 3.8) is 0 Å². The van der Waals surface area contributed by atoms with Crippen LogP contribution in [-0.4, -0.2) is 21.5 Å². The van der Waals surface area contributed by atoms with E-state index in [0.717, 1.165) is 18.5 Å². The van der Waals surface area contributed by atoms with Crippen LogP contribution in [0.5, 0.6) is 0 Å². The molecular formula is C13H18N4. The molecule has 0 aliphatic heterocycles. The van der Waals surface area contributed by atoms with Gasteiger partial charge in [-0.3, -0.25) is 0 Å². The van der Waals surface area contributed by atoms with Gasteiger partial charge in [-0.15, -0.1) is 5.10 Å². The van der Waals surface area contributed by atoms with Crippen molar-refractivity contribution in [3.8, 4) is 0 Å². The molecule has 1 heterocycles. The monoisotopic (exact) mass is 230 g/mol. The average Bonchev–Trinajstić information content (AvgIpc) is 2.85. The van der Waals surface area contributed by atoms with E-state index < -0.39 is 0 Å². The van der Waals surface area contributed by atoms with Gasteiger partial charge in [-0.2, -0.15) is 0 Å². The first kappa shape index (κ1) is 11.8. The molecule has 2 rings (SSSR count). The Kier molecular flexibility index (Phi) is 3.88. The predicted octanol–water partition coefficient (Wildman–Crippen LogP) is 1.78. The Labute approximate surface area is 101 Å². The lowest BCUT2D eigenvalue weighted by Gasteiger charge is -2.10. The first-order chi connectivity index (χ1) is 8.31. The molecule has 1 aromatic carbocycles.